The van der Waals surface area contributed by atoms with E-state index in [4.69, 9.17) is 11.6 Å². The highest BCUT2D eigenvalue weighted by atomic mass is 35.5. The van der Waals surface area contributed by atoms with Crippen LogP contribution in [0, 0.1) is 0 Å². The molecule has 2 amide bonds. The summed E-state index contributed by atoms with van der Waals surface area (Å²) in [7, 11) is 0. The van der Waals surface area contributed by atoms with Gasteiger partial charge in [0.15, 0.2) is 5.17 Å². The van der Waals surface area contributed by atoms with Crippen molar-refractivity contribution < 1.29 is 9.59 Å². The number of para-hydroxylation sites is 2. The van der Waals surface area contributed by atoms with E-state index in [1.165, 1.54) is 16.7 Å². The van der Waals surface area contributed by atoms with Crippen molar-refractivity contribution in [3.05, 3.63) is 59.1 Å². The summed E-state index contributed by atoms with van der Waals surface area (Å²) in [6, 6.07) is 14.1. The van der Waals surface area contributed by atoms with E-state index >= 15 is 0 Å². The molecule has 0 fully saturated rings. The molecule has 2 heterocycles. The number of benzene rings is 2. The van der Waals surface area contributed by atoms with Gasteiger partial charge in [-0.25, -0.2) is 9.89 Å². The molecule has 0 unspecified atom stereocenters. The van der Waals surface area contributed by atoms with Crippen LogP contribution >= 0.6 is 23.4 Å². The van der Waals surface area contributed by atoms with Crippen molar-refractivity contribution in [2.24, 2.45) is 9.98 Å². The van der Waals surface area contributed by atoms with E-state index in [-0.39, 0.29) is 11.8 Å². The molecule has 2 aliphatic rings. The summed E-state index contributed by atoms with van der Waals surface area (Å²) in [5.74, 6) is 0.219. The third-order valence-corrected chi connectivity index (χ3v) is 5.82. The number of aliphatic imine (C=N–C) groups is 2. The van der Waals surface area contributed by atoms with Crippen LogP contribution in [-0.2, 0) is 9.59 Å². The average Bonchev–Trinajstić information content (AvgIpc) is 2.99. The van der Waals surface area contributed by atoms with E-state index in [9.17, 15) is 9.59 Å². The molecule has 0 saturated carbocycles. The molecular weight excluding hydrogens is 396 g/mol. The predicted octanol–water partition coefficient (Wildman–Crippen LogP) is 4.08. The van der Waals surface area contributed by atoms with Gasteiger partial charge < -0.3 is 5.32 Å². The highest BCUT2D eigenvalue weighted by molar-refractivity contribution is 8.15. The minimum absolute atomic E-state index is 0.144. The van der Waals surface area contributed by atoms with Gasteiger partial charge >= 0.3 is 0 Å². The molecule has 0 saturated heterocycles. The molecule has 28 heavy (non-hydrogen) atoms. The van der Waals surface area contributed by atoms with Gasteiger partial charge in [0.1, 0.15) is 11.9 Å². The van der Waals surface area contributed by atoms with Crippen LogP contribution in [-0.4, -0.2) is 39.0 Å². The Morgan fingerprint density at radius 3 is 2.71 bits per heavy atom. The van der Waals surface area contributed by atoms with Crippen LogP contribution in [0.25, 0.3) is 0 Å². The standard InChI is InChI=1S/C20H17ClN4O2S/c1-11-19(27)25-17(22-11)13-7-3-5-9-15(13)24-20(25)28-12(2)18(26)23-16-10-6-4-8-14(16)21/h3-12H,1-2H3,(H,23,26)/t11-,12-/m1/s1. The van der Waals surface area contributed by atoms with Gasteiger partial charge in [-0.1, -0.05) is 47.6 Å². The van der Waals surface area contributed by atoms with Crippen LogP contribution in [0.5, 0.6) is 0 Å². The van der Waals surface area contributed by atoms with Crippen molar-refractivity contribution in [1.29, 1.82) is 0 Å². The largest absolute Gasteiger partial charge is 0.324 e. The Hall–Kier alpha value is -2.64. The van der Waals surface area contributed by atoms with Gasteiger partial charge in [-0.05, 0) is 38.1 Å². The van der Waals surface area contributed by atoms with Crippen molar-refractivity contribution >= 4 is 57.6 Å². The fraction of sp³-hybridized carbons (Fsp3) is 0.200. The number of halogens is 1. The zero-order valence-electron chi connectivity index (χ0n) is 15.2. The van der Waals surface area contributed by atoms with Crippen LogP contribution in [0.4, 0.5) is 11.4 Å². The summed E-state index contributed by atoms with van der Waals surface area (Å²) < 4.78 is 0. The number of amidine groups is 2. The van der Waals surface area contributed by atoms with Crippen LogP contribution in [0.3, 0.4) is 0 Å². The van der Waals surface area contributed by atoms with Gasteiger partial charge in [-0.2, -0.15) is 0 Å². The highest BCUT2D eigenvalue weighted by Crippen LogP contribution is 2.34. The van der Waals surface area contributed by atoms with Gasteiger partial charge in [0.25, 0.3) is 5.91 Å². The van der Waals surface area contributed by atoms with Crippen LogP contribution in [0.15, 0.2) is 58.5 Å². The summed E-state index contributed by atoms with van der Waals surface area (Å²) in [5, 5.41) is 3.24. The molecule has 8 heteroatoms. The van der Waals surface area contributed by atoms with Gasteiger partial charge in [0, 0.05) is 5.56 Å². The maximum atomic E-state index is 12.6. The first-order chi connectivity index (χ1) is 13.5. The number of carbonyl (C=O) groups excluding carboxylic acids is 2. The lowest BCUT2D eigenvalue weighted by Crippen LogP contribution is -2.41. The number of hydrogen-bond acceptors (Lipinski definition) is 5. The second kappa shape index (κ2) is 7.41. The lowest BCUT2D eigenvalue weighted by atomic mass is 10.1. The Kier molecular flexibility index (Phi) is 4.95. The Morgan fingerprint density at radius 1 is 1.21 bits per heavy atom. The molecule has 1 N–H and O–H groups in total. The normalized spacial score (nSPS) is 18.8. The monoisotopic (exact) mass is 412 g/mol. The van der Waals surface area contributed by atoms with Gasteiger partial charge in [0.05, 0.1) is 21.6 Å². The zero-order valence-corrected chi connectivity index (χ0v) is 16.8. The molecule has 6 nitrogen and oxygen atoms in total. The summed E-state index contributed by atoms with van der Waals surface area (Å²) in [6.07, 6.45) is 0. The first kappa shape index (κ1) is 18.7. The van der Waals surface area contributed by atoms with Crippen LogP contribution in [0.1, 0.15) is 19.4 Å². The molecular formula is C20H17ClN4O2S. The highest BCUT2D eigenvalue weighted by Gasteiger charge is 2.40. The second-order valence-corrected chi connectivity index (χ2v) is 8.16. The summed E-state index contributed by atoms with van der Waals surface area (Å²) in [4.78, 5) is 35.9. The molecule has 142 valence electrons. The minimum Gasteiger partial charge on any atom is -0.324 e. The quantitative estimate of drug-likeness (QED) is 0.825. The number of carbonyl (C=O) groups is 2. The number of fused-ring (bicyclic) bond motifs is 3. The Balaban J connectivity index is 1.59. The Bertz CT molecular complexity index is 1040. The van der Waals surface area contributed by atoms with Gasteiger partial charge in [0.2, 0.25) is 5.91 Å². The van der Waals surface area contributed by atoms with Crippen molar-refractivity contribution in [1.82, 2.24) is 4.90 Å². The zero-order chi connectivity index (χ0) is 19.8. The third-order valence-electron chi connectivity index (χ3n) is 4.44. The summed E-state index contributed by atoms with van der Waals surface area (Å²) in [6.45, 7) is 3.52. The van der Waals surface area contributed by atoms with Crippen molar-refractivity contribution in [2.75, 3.05) is 5.32 Å². The molecule has 0 aromatic heterocycles. The number of anilines is 1. The lowest BCUT2D eigenvalue weighted by Gasteiger charge is -2.26. The smallest absolute Gasteiger partial charge is 0.258 e. The van der Waals surface area contributed by atoms with Gasteiger partial charge in [-0.15, -0.1) is 0 Å². The maximum absolute atomic E-state index is 12.6. The predicted molar refractivity (Wildman–Crippen MR) is 114 cm³/mol. The number of nitrogens with one attached hydrogen (secondary N) is 1. The van der Waals surface area contributed by atoms with E-state index < -0.39 is 11.3 Å². The molecule has 2 atom stereocenters. The first-order valence-corrected chi connectivity index (χ1v) is 10.0. The lowest BCUT2D eigenvalue weighted by molar-refractivity contribution is -0.124. The number of hydrogen-bond donors (Lipinski definition) is 1. The van der Waals surface area contributed by atoms with E-state index in [0.717, 1.165) is 11.3 Å². The van der Waals surface area contributed by atoms with Crippen molar-refractivity contribution in [2.45, 2.75) is 25.1 Å². The Morgan fingerprint density at radius 2 is 1.93 bits per heavy atom. The molecule has 0 spiro atoms. The van der Waals surface area contributed by atoms with E-state index in [1.54, 1.807) is 38.1 Å². The number of amides is 2. The SMILES string of the molecule is C[C@H]1N=C2c3ccccc3N=C(S[C@H](C)C(=O)Nc3ccccc3Cl)N2C1=O. The number of thioether (sulfide) groups is 1. The third kappa shape index (κ3) is 3.31. The second-order valence-electron chi connectivity index (χ2n) is 6.44. The molecule has 0 aliphatic carbocycles. The van der Waals surface area contributed by atoms with E-state index in [2.05, 4.69) is 15.3 Å². The van der Waals surface area contributed by atoms with Crippen molar-refractivity contribution in [3.8, 4) is 0 Å². The van der Waals surface area contributed by atoms with Crippen molar-refractivity contribution in [3.63, 3.8) is 0 Å². The van der Waals surface area contributed by atoms with Crippen LogP contribution < -0.4 is 5.32 Å². The molecule has 4 rings (SSSR count). The first-order valence-electron chi connectivity index (χ1n) is 8.77. The Labute approximate surface area is 171 Å². The molecule has 0 bridgehead atoms. The molecule has 2 aromatic rings. The topological polar surface area (TPSA) is 74.1 Å². The molecule has 2 aliphatic heterocycles. The summed E-state index contributed by atoms with van der Waals surface area (Å²) in [5.41, 5.74) is 2.10. The fourth-order valence-corrected chi connectivity index (χ4v) is 4.06. The fourth-order valence-electron chi connectivity index (χ4n) is 2.96. The molecule has 2 aromatic carbocycles. The number of nitrogens with zero attached hydrogens (tertiary/aromatic N) is 3. The molecule has 0 radical (unpaired) electrons. The van der Waals surface area contributed by atoms with Crippen LogP contribution in [0.2, 0.25) is 5.02 Å². The number of rotatable bonds is 3. The minimum atomic E-state index is -0.495. The van der Waals surface area contributed by atoms with E-state index in [1.807, 2.05) is 24.3 Å². The maximum Gasteiger partial charge on any atom is 0.258 e. The summed E-state index contributed by atoms with van der Waals surface area (Å²) >= 11 is 7.33. The average molecular weight is 413 g/mol. The van der Waals surface area contributed by atoms with Gasteiger partial charge in [-0.3, -0.25) is 14.6 Å². The van der Waals surface area contributed by atoms with E-state index in [0.29, 0.717) is 21.7 Å².